The van der Waals surface area contributed by atoms with Crippen LogP contribution in [0.2, 0.25) is 0 Å². The van der Waals surface area contributed by atoms with Gasteiger partial charge >= 0.3 is 0 Å². The Balaban J connectivity index is 1.89. The van der Waals surface area contributed by atoms with Crippen molar-refractivity contribution in [2.24, 2.45) is 13.0 Å². The summed E-state index contributed by atoms with van der Waals surface area (Å²) >= 11 is 0. The molecule has 2 rings (SSSR count). The van der Waals surface area contributed by atoms with Crippen LogP contribution in [0.15, 0.2) is 42.7 Å². The quantitative estimate of drug-likeness (QED) is 0.877. The highest BCUT2D eigenvalue weighted by Crippen LogP contribution is 2.15. The molecular formula is C16H21N3O. The number of benzene rings is 1. The predicted molar refractivity (Wildman–Crippen MR) is 82.6 cm³/mol. The Hall–Kier alpha value is -2.23. The highest BCUT2D eigenvalue weighted by Gasteiger charge is 2.06. The summed E-state index contributed by atoms with van der Waals surface area (Å²) in [7, 11) is 2.01. The Morgan fingerprint density at radius 2 is 1.80 bits per heavy atom. The molecule has 0 bridgehead atoms. The number of rotatable bonds is 5. The van der Waals surface area contributed by atoms with Crippen LogP contribution in [0.1, 0.15) is 19.4 Å². The van der Waals surface area contributed by atoms with E-state index < -0.39 is 0 Å². The van der Waals surface area contributed by atoms with Gasteiger partial charge in [-0.3, -0.25) is 4.79 Å². The van der Waals surface area contributed by atoms with Gasteiger partial charge in [0.2, 0.25) is 5.91 Å². The Kier molecular flexibility index (Phi) is 4.45. The molecule has 0 aliphatic rings. The first-order valence-electron chi connectivity index (χ1n) is 6.80. The van der Waals surface area contributed by atoms with E-state index >= 15 is 0 Å². The number of nitrogens with one attached hydrogen (secondary N) is 2. The molecule has 106 valence electrons. The molecule has 0 fully saturated rings. The summed E-state index contributed by atoms with van der Waals surface area (Å²) < 4.78 is 2.03. The van der Waals surface area contributed by atoms with Crippen LogP contribution in [0.25, 0.3) is 0 Å². The minimum atomic E-state index is -0.00844. The van der Waals surface area contributed by atoms with Crippen LogP contribution in [0.5, 0.6) is 0 Å². The van der Waals surface area contributed by atoms with Crippen LogP contribution in [0, 0.1) is 5.92 Å². The van der Waals surface area contributed by atoms with Gasteiger partial charge in [-0.05, 0) is 35.9 Å². The van der Waals surface area contributed by atoms with Crippen LogP contribution in [0.4, 0.5) is 11.4 Å². The summed E-state index contributed by atoms with van der Waals surface area (Å²) in [4.78, 5) is 11.6. The maximum atomic E-state index is 11.6. The Morgan fingerprint density at radius 3 is 2.35 bits per heavy atom. The second kappa shape index (κ2) is 6.28. The Labute approximate surface area is 119 Å². The van der Waals surface area contributed by atoms with E-state index in [1.807, 2.05) is 55.9 Å². The molecule has 1 heterocycles. The summed E-state index contributed by atoms with van der Waals surface area (Å²) in [5.74, 6) is 0.0286. The van der Waals surface area contributed by atoms with Crippen molar-refractivity contribution in [1.29, 1.82) is 0 Å². The van der Waals surface area contributed by atoms with E-state index in [2.05, 4.69) is 22.9 Å². The number of hydrogen-bond acceptors (Lipinski definition) is 2. The van der Waals surface area contributed by atoms with Gasteiger partial charge in [-0.2, -0.15) is 0 Å². The summed E-state index contributed by atoms with van der Waals surface area (Å²) in [6.07, 6.45) is 4.12. The van der Waals surface area contributed by atoms with Crippen molar-refractivity contribution in [1.82, 2.24) is 4.57 Å². The number of amides is 1. The lowest BCUT2D eigenvalue weighted by atomic mass is 10.2. The zero-order valence-corrected chi connectivity index (χ0v) is 12.2. The average Bonchev–Trinajstić information content (AvgIpc) is 2.83. The minimum Gasteiger partial charge on any atom is -0.381 e. The van der Waals surface area contributed by atoms with E-state index in [1.165, 1.54) is 5.56 Å². The molecule has 2 N–H and O–H groups in total. The maximum Gasteiger partial charge on any atom is 0.226 e. The molecular weight excluding hydrogens is 250 g/mol. The first-order chi connectivity index (χ1) is 9.54. The van der Waals surface area contributed by atoms with Gasteiger partial charge in [0, 0.05) is 43.3 Å². The molecule has 4 nitrogen and oxygen atoms in total. The molecule has 0 radical (unpaired) electrons. The summed E-state index contributed by atoms with van der Waals surface area (Å²) in [6.45, 7) is 4.55. The fourth-order valence-electron chi connectivity index (χ4n) is 1.83. The molecule has 0 aliphatic heterocycles. The van der Waals surface area contributed by atoms with E-state index in [0.29, 0.717) is 0 Å². The van der Waals surface area contributed by atoms with Crippen molar-refractivity contribution in [2.45, 2.75) is 20.4 Å². The molecule has 0 aliphatic carbocycles. The first kappa shape index (κ1) is 14.2. The van der Waals surface area contributed by atoms with E-state index in [-0.39, 0.29) is 11.8 Å². The Morgan fingerprint density at radius 1 is 1.15 bits per heavy atom. The average molecular weight is 271 g/mol. The van der Waals surface area contributed by atoms with E-state index in [4.69, 9.17) is 0 Å². The van der Waals surface area contributed by atoms with Crippen molar-refractivity contribution in [3.05, 3.63) is 48.3 Å². The van der Waals surface area contributed by atoms with Crippen LogP contribution in [-0.4, -0.2) is 10.5 Å². The zero-order valence-electron chi connectivity index (χ0n) is 12.2. The van der Waals surface area contributed by atoms with Gasteiger partial charge in [-0.15, -0.1) is 0 Å². The molecule has 20 heavy (non-hydrogen) atoms. The molecule has 4 heteroatoms. The topological polar surface area (TPSA) is 46.1 Å². The first-order valence-corrected chi connectivity index (χ1v) is 6.80. The highest BCUT2D eigenvalue weighted by atomic mass is 16.1. The molecule has 0 unspecified atom stereocenters. The number of carbonyl (C=O) groups excluding carboxylic acids is 1. The Bertz CT molecular complexity index is 570. The lowest BCUT2D eigenvalue weighted by Gasteiger charge is -2.09. The number of aryl methyl sites for hydroxylation is 1. The van der Waals surface area contributed by atoms with E-state index in [1.54, 1.807) is 0 Å². The molecule has 1 amide bonds. The molecule has 1 aromatic heterocycles. The normalized spacial score (nSPS) is 10.6. The summed E-state index contributed by atoms with van der Waals surface area (Å²) in [6, 6.07) is 9.85. The van der Waals surface area contributed by atoms with Crippen molar-refractivity contribution in [2.75, 3.05) is 10.6 Å². The fourth-order valence-corrected chi connectivity index (χ4v) is 1.83. The number of hydrogen-bond donors (Lipinski definition) is 2. The van der Waals surface area contributed by atoms with Gasteiger partial charge in [0.1, 0.15) is 0 Å². The van der Waals surface area contributed by atoms with E-state index in [0.717, 1.165) is 17.9 Å². The van der Waals surface area contributed by atoms with Gasteiger partial charge in [-0.1, -0.05) is 13.8 Å². The minimum absolute atomic E-state index is 0.00844. The van der Waals surface area contributed by atoms with Gasteiger partial charge in [0.15, 0.2) is 0 Å². The third-order valence-electron chi connectivity index (χ3n) is 3.07. The third-order valence-corrected chi connectivity index (χ3v) is 3.07. The van der Waals surface area contributed by atoms with Crippen LogP contribution in [-0.2, 0) is 18.4 Å². The number of anilines is 2. The fraction of sp³-hybridized carbons (Fsp3) is 0.312. The second-order valence-electron chi connectivity index (χ2n) is 5.26. The molecule has 0 saturated carbocycles. The zero-order chi connectivity index (χ0) is 14.5. The largest absolute Gasteiger partial charge is 0.381 e. The van der Waals surface area contributed by atoms with Crippen LogP contribution >= 0.6 is 0 Å². The SMILES string of the molecule is CC(C)C(=O)Nc1ccc(NCc2ccn(C)c2)cc1. The number of nitrogens with zero attached hydrogens (tertiary/aromatic N) is 1. The molecule has 1 aromatic carbocycles. The molecule has 0 saturated heterocycles. The molecule has 0 atom stereocenters. The van der Waals surface area contributed by atoms with Crippen molar-refractivity contribution < 1.29 is 4.79 Å². The van der Waals surface area contributed by atoms with Crippen LogP contribution < -0.4 is 10.6 Å². The van der Waals surface area contributed by atoms with Crippen molar-refractivity contribution >= 4 is 17.3 Å². The smallest absolute Gasteiger partial charge is 0.226 e. The summed E-state index contributed by atoms with van der Waals surface area (Å²) in [5, 5.41) is 6.23. The monoisotopic (exact) mass is 271 g/mol. The van der Waals surface area contributed by atoms with Gasteiger partial charge in [0.05, 0.1) is 0 Å². The molecule has 0 spiro atoms. The van der Waals surface area contributed by atoms with E-state index in [9.17, 15) is 4.79 Å². The third kappa shape index (κ3) is 3.88. The lowest BCUT2D eigenvalue weighted by Crippen LogP contribution is -2.17. The lowest BCUT2D eigenvalue weighted by molar-refractivity contribution is -0.118. The standard InChI is InChI=1S/C16H21N3O/c1-12(2)16(20)18-15-6-4-14(5-7-15)17-10-13-8-9-19(3)11-13/h4-9,11-12,17H,10H2,1-3H3,(H,18,20). The summed E-state index contributed by atoms with van der Waals surface area (Å²) in [5.41, 5.74) is 3.11. The molecule has 2 aromatic rings. The maximum absolute atomic E-state index is 11.6. The highest BCUT2D eigenvalue weighted by molar-refractivity contribution is 5.92. The second-order valence-corrected chi connectivity index (χ2v) is 5.26. The van der Waals surface area contributed by atoms with Crippen molar-refractivity contribution in [3.63, 3.8) is 0 Å². The van der Waals surface area contributed by atoms with Crippen LogP contribution in [0.3, 0.4) is 0 Å². The number of carbonyl (C=O) groups is 1. The number of aromatic nitrogens is 1. The van der Waals surface area contributed by atoms with Crippen molar-refractivity contribution in [3.8, 4) is 0 Å². The van der Waals surface area contributed by atoms with Gasteiger partial charge < -0.3 is 15.2 Å². The van der Waals surface area contributed by atoms with Gasteiger partial charge in [-0.25, -0.2) is 0 Å². The predicted octanol–water partition coefficient (Wildman–Crippen LogP) is 3.23. The van der Waals surface area contributed by atoms with Gasteiger partial charge in [0.25, 0.3) is 0 Å².